The molecule has 1 radical (unpaired) electrons. The molecule has 0 spiro atoms. The van der Waals surface area contributed by atoms with Gasteiger partial charge in [-0.05, 0) is 61.7 Å². The summed E-state index contributed by atoms with van der Waals surface area (Å²) in [5, 5.41) is 0. The molecule has 30 heavy (non-hydrogen) atoms. The van der Waals surface area contributed by atoms with E-state index in [4.69, 9.17) is 14.2 Å². The molecule has 3 nitrogen and oxygen atoms in total. The van der Waals surface area contributed by atoms with E-state index < -0.39 is 0 Å². The lowest BCUT2D eigenvalue weighted by Crippen LogP contribution is -2.49. The molecule has 3 saturated carbocycles. The van der Waals surface area contributed by atoms with Crippen LogP contribution in [0.25, 0.3) is 0 Å². The summed E-state index contributed by atoms with van der Waals surface area (Å²) in [6, 6.07) is 0. The van der Waals surface area contributed by atoms with Gasteiger partial charge in [-0.2, -0.15) is 0 Å². The van der Waals surface area contributed by atoms with Crippen molar-refractivity contribution >= 4 is 0 Å². The highest BCUT2D eigenvalue weighted by molar-refractivity contribution is 5.43. The van der Waals surface area contributed by atoms with Crippen molar-refractivity contribution in [2.75, 3.05) is 13.2 Å². The van der Waals surface area contributed by atoms with Crippen LogP contribution in [0.5, 0.6) is 0 Å². The Morgan fingerprint density at radius 3 is 2.50 bits per heavy atom. The van der Waals surface area contributed by atoms with Gasteiger partial charge in [-0.3, -0.25) is 0 Å². The number of ether oxygens (including phenoxy) is 3. The monoisotopic (exact) mass is 411 g/mol. The van der Waals surface area contributed by atoms with Crippen LogP contribution in [0.2, 0.25) is 0 Å². The smallest absolute Gasteiger partial charge is 0.160 e. The number of allylic oxidation sites excluding steroid dienone is 3. The van der Waals surface area contributed by atoms with E-state index in [1.807, 2.05) is 0 Å². The number of fused-ring (bicyclic) bond motifs is 7. The Hall–Kier alpha value is -0.640. The molecule has 4 aliphatic carbocycles. The summed E-state index contributed by atoms with van der Waals surface area (Å²) in [5.41, 5.74) is 4.10. The molecule has 0 aromatic carbocycles. The topological polar surface area (TPSA) is 31.0 Å². The molecule has 3 heteroatoms. The molecular formula is C27H39O3. The van der Waals surface area contributed by atoms with Crippen LogP contribution in [0.15, 0.2) is 23.3 Å². The van der Waals surface area contributed by atoms with Crippen molar-refractivity contribution in [3.05, 3.63) is 29.7 Å². The van der Waals surface area contributed by atoms with Gasteiger partial charge in [-0.1, -0.05) is 57.9 Å². The van der Waals surface area contributed by atoms with Crippen molar-refractivity contribution in [2.45, 2.75) is 85.2 Å². The van der Waals surface area contributed by atoms with E-state index in [0.717, 1.165) is 19.6 Å². The molecule has 5 fully saturated rings. The van der Waals surface area contributed by atoms with Crippen molar-refractivity contribution in [3.63, 3.8) is 0 Å². The molecule has 2 saturated heterocycles. The number of hydrogen-bond acceptors (Lipinski definition) is 3. The molecule has 0 aromatic heterocycles. The first kappa shape index (κ1) is 20.0. The van der Waals surface area contributed by atoms with E-state index in [0.29, 0.717) is 41.3 Å². The summed E-state index contributed by atoms with van der Waals surface area (Å²) in [7, 11) is 0. The maximum Gasteiger partial charge on any atom is 0.160 e. The largest absolute Gasteiger partial charge is 0.368 e. The van der Waals surface area contributed by atoms with Gasteiger partial charge in [-0.15, -0.1) is 0 Å². The third-order valence-corrected chi connectivity index (χ3v) is 10.1. The van der Waals surface area contributed by atoms with Crippen LogP contribution in [0.3, 0.4) is 0 Å². The van der Waals surface area contributed by atoms with E-state index in [1.165, 1.54) is 25.7 Å². The maximum absolute atomic E-state index is 6.24. The molecule has 2 aliphatic heterocycles. The Morgan fingerprint density at radius 2 is 1.73 bits per heavy atom. The third kappa shape index (κ3) is 2.67. The van der Waals surface area contributed by atoms with Gasteiger partial charge in [-0.25, -0.2) is 0 Å². The van der Waals surface area contributed by atoms with Gasteiger partial charge in [0.15, 0.2) is 6.29 Å². The number of epoxide rings is 1. The standard InChI is InChI=1S/C27H39O3/c1-16(24-28-14-25(2,3)15-29-24)19-9-10-20-18-8-6-17-7-11-22-23(30-22)27(17,5)21(18)12-13-26(19,20)4/h6,8,11,16,19-24H,7,9-10,12-15H2,1-5H3/t16?,19-,20+,21+,22?,23?,26-,27+/m1/s1. The lowest BCUT2D eigenvalue weighted by Gasteiger charge is -2.54. The van der Waals surface area contributed by atoms with Crippen LogP contribution in [-0.4, -0.2) is 31.7 Å². The lowest BCUT2D eigenvalue weighted by molar-refractivity contribution is -0.252. The minimum atomic E-state index is -0.0322. The van der Waals surface area contributed by atoms with E-state index in [9.17, 15) is 0 Å². The van der Waals surface area contributed by atoms with Gasteiger partial charge >= 0.3 is 0 Å². The van der Waals surface area contributed by atoms with Crippen molar-refractivity contribution in [1.29, 1.82) is 0 Å². The fourth-order valence-corrected chi connectivity index (χ4v) is 8.27. The second kappa shape index (κ2) is 6.45. The van der Waals surface area contributed by atoms with Crippen molar-refractivity contribution < 1.29 is 14.2 Å². The molecule has 165 valence electrons. The van der Waals surface area contributed by atoms with Gasteiger partial charge in [0.1, 0.15) is 0 Å². The van der Waals surface area contributed by atoms with Crippen LogP contribution in [0.1, 0.15) is 66.7 Å². The van der Waals surface area contributed by atoms with E-state index in [1.54, 1.807) is 11.1 Å². The third-order valence-electron chi connectivity index (χ3n) is 10.1. The summed E-state index contributed by atoms with van der Waals surface area (Å²) in [4.78, 5) is 0. The van der Waals surface area contributed by atoms with Crippen LogP contribution in [0, 0.1) is 46.3 Å². The normalized spacial score (nSPS) is 50.4. The second-order valence-corrected chi connectivity index (χ2v) is 12.4. The zero-order chi connectivity index (χ0) is 20.9. The van der Waals surface area contributed by atoms with Gasteiger partial charge in [0, 0.05) is 16.7 Å². The Kier molecular flexibility index (Phi) is 4.30. The average molecular weight is 412 g/mol. The Balaban J connectivity index is 1.25. The van der Waals surface area contributed by atoms with Crippen LogP contribution in [-0.2, 0) is 14.2 Å². The molecule has 6 rings (SSSR count). The summed E-state index contributed by atoms with van der Waals surface area (Å²) >= 11 is 0. The first-order chi connectivity index (χ1) is 14.2. The van der Waals surface area contributed by atoms with Gasteiger partial charge in [0.05, 0.1) is 25.4 Å². The highest BCUT2D eigenvalue weighted by Gasteiger charge is 2.64. The zero-order valence-corrected chi connectivity index (χ0v) is 19.4. The van der Waals surface area contributed by atoms with Gasteiger partial charge < -0.3 is 14.2 Å². The quantitative estimate of drug-likeness (QED) is 0.545. The minimum Gasteiger partial charge on any atom is -0.368 e. The molecular weight excluding hydrogens is 372 g/mol. The molecule has 0 aromatic rings. The fourth-order valence-electron chi connectivity index (χ4n) is 8.27. The summed E-state index contributed by atoms with van der Waals surface area (Å²) in [6.07, 6.45) is 14.6. The molecule has 0 N–H and O–H groups in total. The maximum atomic E-state index is 6.24. The molecule has 0 amide bonds. The molecule has 6 aliphatic rings. The second-order valence-electron chi connectivity index (χ2n) is 12.4. The Bertz CT molecular complexity index is 786. The molecule has 0 bridgehead atoms. The fraction of sp³-hybridized carbons (Fsp3) is 0.815. The number of rotatable bonds is 2. The average Bonchev–Trinajstić information content (AvgIpc) is 3.42. The summed E-state index contributed by atoms with van der Waals surface area (Å²) in [5.74, 6) is 2.52. The molecule has 8 atom stereocenters. The first-order valence-corrected chi connectivity index (χ1v) is 12.4. The highest BCUT2D eigenvalue weighted by atomic mass is 16.7. The summed E-state index contributed by atoms with van der Waals surface area (Å²) < 4.78 is 18.6. The van der Waals surface area contributed by atoms with Crippen molar-refractivity contribution in [1.82, 2.24) is 0 Å². The van der Waals surface area contributed by atoms with Crippen molar-refractivity contribution in [3.8, 4) is 0 Å². The van der Waals surface area contributed by atoms with E-state index in [2.05, 4.69) is 53.2 Å². The van der Waals surface area contributed by atoms with E-state index in [-0.39, 0.29) is 17.1 Å². The molecule has 3 unspecified atom stereocenters. The first-order valence-electron chi connectivity index (χ1n) is 12.4. The van der Waals surface area contributed by atoms with Crippen LogP contribution in [0.4, 0.5) is 0 Å². The van der Waals surface area contributed by atoms with Gasteiger partial charge in [0.2, 0.25) is 0 Å². The zero-order valence-electron chi connectivity index (χ0n) is 19.4. The summed E-state index contributed by atoms with van der Waals surface area (Å²) in [6.45, 7) is 13.6. The molecule has 2 heterocycles. The lowest BCUT2D eigenvalue weighted by atomic mass is 9.50. The SMILES string of the molecule is CC(C1OCC(C)(C)CO1)[C@H]1CC[C@H]2C3=CC=C4C[CH]C5OC5[C@]4(C)[C@H]3CC[C@]12C. The minimum absolute atomic E-state index is 0.0322. The highest BCUT2D eigenvalue weighted by Crippen LogP contribution is 2.68. The van der Waals surface area contributed by atoms with Crippen LogP contribution >= 0.6 is 0 Å². The van der Waals surface area contributed by atoms with Gasteiger partial charge in [0.25, 0.3) is 0 Å². The van der Waals surface area contributed by atoms with E-state index >= 15 is 0 Å². The Labute approximate surface area is 182 Å². The van der Waals surface area contributed by atoms with Crippen molar-refractivity contribution in [2.24, 2.45) is 39.9 Å². The predicted octanol–water partition coefficient (Wildman–Crippen LogP) is 5.71. The number of hydrogen-bond donors (Lipinski definition) is 0. The Morgan fingerprint density at radius 1 is 0.967 bits per heavy atom. The predicted molar refractivity (Wildman–Crippen MR) is 118 cm³/mol. The van der Waals surface area contributed by atoms with Crippen LogP contribution < -0.4 is 0 Å².